The van der Waals surface area contributed by atoms with Crippen molar-refractivity contribution in [3.05, 3.63) is 24.3 Å². The molecule has 20 heavy (non-hydrogen) atoms. The van der Waals surface area contributed by atoms with Gasteiger partial charge in [-0.1, -0.05) is 0 Å². The van der Waals surface area contributed by atoms with Gasteiger partial charge in [-0.3, -0.25) is 4.79 Å². The van der Waals surface area contributed by atoms with Gasteiger partial charge in [0.2, 0.25) is 5.91 Å². The Hall–Kier alpha value is -1.20. The number of morpholine rings is 1. The first kappa shape index (κ1) is 15.2. The van der Waals surface area contributed by atoms with E-state index in [0.29, 0.717) is 18.8 Å². The third kappa shape index (κ3) is 4.15. The summed E-state index contributed by atoms with van der Waals surface area (Å²) < 4.78 is 10.8. The zero-order valence-electron chi connectivity index (χ0n) is 12.2. The minimum absolute atomic E-state index is 0.119. The summed E-state index contributed by atoms with van der Waals surface area (Å²) in [4.78, 5) is 15.2. The van der Waals surface area contributed by atoms with Crippen LogP contribution in [0.3, 0.4) is 0 Å². The lowest BCUT2D eigenvalue weighted by Crippen LogP contribution is -2.48. The summed E-state index contributed by atoms with van der Waals surface area (Å²) in [6.45, 7) is 5.39. The molecule has 0 aromatic heterocycles. The van der Waals surface area contributed by atoms with E-state index >= 15 is 0 Å². The van der Waals surface area contributed by atoms with Crippen molar-refractivity contribution < 1.29 is 14.3 Å². The molecule has 2 unspecified atom stereocenters. The minimum Gasteiger partial charge on any atom is -0.497 e. The van der Waals surface area contributed by atoms with Gasteiger partial charge in [-0.25, -0.2) is 0 Å². The Morgan fingerprint density at radius 2 is 1.90 bits per heavy atom. The molecule has 0 bridgehead atoms. The fourth-order valence-corrected chi connectivity index (χ4v) is 3.09. The summed E-state index contributed by atoms with van der Waals surface area (Å²) in [5.41, 5.74) is 0. The Balaban J connectivity index is 1.84. The molecule has 0 spiro atoms. The largest absolute Gasteiger partial charge is 0.497 e. The van der Waals surface area contributed by atoms with Gasteiger partial charge in [0.05, 0.1) is 25.1 Å². The van der Waals surface area contributed by atoms with E-state index in [0.717, 1.165) is 10.6 Å². The highest BCUT2D eigenvalue weighted by atomic mass is 32.2. The summed E-state index contributed by atoms with van der Waals surface area (Å²) in [5, 5.41) is 0. The first-order chi connectivity index (χ1) is 9.58. The summed E-state index contributed by atoms with van der Waals surface area (Å²) in [6, 6.07) is 7.76. The zero-order chi connectivity index (χ0) is 14.5. The number of nitrogens with zero attached hydrogens (tertiary/aromatic N) is 1. The fourth-order valence-electron chi connectivity index (χ4n) is 2.29. The van der Waals surface area contributed by atoms with Gasteiger partial charge >= 0.3 is 0 Å². The van der Waals surface area contributed by atoms with Crippen LogP contribution in [-0.4, -0.2) is 49.0 Å². The molecule has 1 saturated heterocycles. The van der Waals surface area contributed by atoms with Crippen molar-refractivity contribution in [2.45, 2.75) is 31.0 Å². The molecule has 2 rings (SSSR count). The van der Waals surface area contributed by atoms with Crippen LogP contribution in [0.1, 0.15) is 13.8 Å². The van der Waals surface area contributed by atoms with Gasteiger partial charge in [-0.05, 0) is 38.1 Å². The average molecular weight is 295 g/mol. The molecule has 1 heterocycles. The van der Waals surface area contributed by atoms with Crippen molar-refractivity contribution in [3.63, 3.8) is 0 Å². The van der Waals surface area contributed by atoms with E-state index in [1.807, 2.05) is 43.0 Å². The van der Waals surface area contributed by atoms with Crippen LogP contribution in [0.5, 0.6) is 5.75 Å². The monoisotopic (exact) mass is 295 g/mol. The van der Waals surface area contributed by atoms with Crippen LogP contribution in [0, 0.1) is 0 Å². The molecule has 0 saturated carbocycles. The molecule has 1 aromatic carbocycles. The molecule has 0 aliphatic carbocycles. The Labute approximate surface area is 124 Å². The van der Waals surface area contributed by atoms with Crippen LogP contribution in [0.25, 0.3) is 0 Å². The summed E-state index contributed by atoms with van der Waals surface area (Å²) in [5.74, 6) is 1.47. The molecule has 5 heteroatoms. The third-order valence-corrected chi connectivity index (χ3v) is 4.19. The Kier molecular flexibility index (Phi) is 5.31. The topological polar surface area (TPSA) is 38.8 Å². The van der Waals surface area contributed by atoms with E-state index < -0.39 is 0 Å². The van der Waals surface area contributed by atoms with E-state index in [1.54, 1.807) is 18.9 Å². The first-order valence-corrected chi connectivity index (χ1v) is 7.77. The Morgan fingerprint density at radius 1 is 1.30 bits per heavy atom. The highest BCUT2D eigenvalue weighted by molar-refractivity contribution is 8.00. The molecule has 4 nitrogen and oxygen atoms in total. The van der Waals surface area contributed by atoms with Crippen LogP contribution in [0.4, 0.5) is 0 Å². The smallest absolute Gasteiger partial charge is 0.233 e. The summed E-state index contributed by atoms with van der Waals surface area (Å²) in [6.07, 6.45) is 0.238. The van der Waals surface area contributed by atoms with Crippen LogP contribution in [0.2, 0.25) is 0 Å². The molecule has 110 valence electrons. The Morgan fingerprint density at radius 3 is 2.45 bits per heavy atom. The zero-order valence-corrected chi connectivity index (χ0v) is 13.0. The SMILES string of the molecule is COc1ccc(SCC(=O)N2CC(C)OC(C)C2)cc1. The molecule has 2 atom stereocenters. The lowest BCUT2D eigenvalue weighted by atomic mass is 10.2. The number of rotatable bonds is 4. The average Bonchev–Trinajstić information content (AvgIpc) is 2.44. The number of ether oxygens (including phenoxy) is 2. The number of hydrogen-bond donors (Lipinski definition) is 0. The van der Waals surface area contributed by atoms with Gasteiger partial charge in [-0.15, -0.1) is 11.8 Å². The highest BCUT2D eigenvalue weighted by Gasteiger charge is 2.25. The van der Waals surface area contributed by atoms with Crippen LogP contribution >= 0.6 is 11.8 Å². The third-order valence-electron chi connectivity index (χ3n) is 3.19. The van der Waals surface area contributed by atoms with Crippen molar-refractivity contribution in [1.29, 1.82) is 0 Å². The molecule has 1 aliphatic rings. The van der Waals surface area contributed by atoms with E-state index in [1.165, 1.54) is 0 Å². The maximum Gasteiger partial charge on any atom is 0.233 e. The molecule has 0 N–H and O–H groups in total. The van der Waals surface area contributed by atoms with Crippen LogP contribution < -0.4 is 4.74 Å². The molecular formula is C15H21NO3S. The van der Waals surface area contributed by atoms with E-state index in [-0.39, 0.29) is 18.1 Å². The van der Waals surface area contributed by atoms with Gasteiger partial charge in [0.25, 0.3) is 0 Å². The minimum atomic E-state index is 0.119. The maximum atomic E-state index is 12.2. The van der Waals surface area contributed by atoms with Crippen LogP contribution in [0.15, 0.2) is 29.2 Å². The predicted octanol–water partition coefficient (Wildman–Crippen LogP) is 2.42. The number of carbonyl (C=O) groups is 1. The summed E-state index contributed by atoms with van der Waals surface area (Å²) in [7, 11) is 1.65. The lowest BCUT2D eigenvalue weighted by Gasteiger charge is -2.35. The molecular weight excluding hydrogens is 274 g/mol. The number of benzene rings is 1. The fraction of sp³-hybridized carbons (Fsp3) is 0.533. The number of hydrogen-bond acceptors (Lipinski definition) is 4. The van der Waals surface area contributed by atoms with Crippen LogP contribution in [-0.2, 0) is 9.53 Å². The van der Waals surface area contributed by atoms with Crippen molar-refractivity contribution in [2.24, 2.45) is 0 Å². The molecule has 1 fully saturated rings. The number of carbonyl (C=O) groups excluding carboxylic acids is 1. The van der Waals surface area contributed by atoms with Crippen molar-refractivity contribution >= 4 is 17.7 Å². The quantitative estimate of drug-likeness (QED) is 0.800. The van der Waals surface area contributed by atoms with E-state index in [9.17, 15) is 4.79 Å². The number of methoxy groups -OCH3 is 1. The summed E-state index contributed by atoms with van der Waals surface area (Å²) >= 11 is 1.56. The second kappa shape index (κ2) is 6.99. The highest BCUT2D eigenvalue weighted by Crippen LogP contribution is 2.22. The van der Waals surface area contributed by atoms with E-state index in [2.05, 4.69) is 0 Å². The normalized spacial score (nSPS) is 22.6. The van der Waals surface area contributed by atoms with Gasteiger partial charge in [-0.2, -0.15) is 0 Å². The molecule has 1 aliphatic heterocycles. The number of amides is 1. The molecule has 0 radical (unpaired) electrons. The van der Waals surface area contributed by atoms with Gasteiger partial charge in [0, 0.05) is 18.0 Å². The Bertz CT molecular complexity index is 439. The lowest BCUT2D eigenvalue weighted by molar-refractivity contribution is -0.140. The van der Waals surface area contributed by atoms with Gasteiger partial charge in [0.1, 0.15) is 5.75 Å². The molecule has 1 aromatic rings. The first-order valence-electron chi connectivity index (χ1n) is 6.78. The maximum absolute atomic E-state index is 12.2. The number of thioether (sulfide) groups is 1. The van der Waals surface area contributed by atoms with Gasteiger partial charge in [0.15, 0.2) is 0 Å². The van der Waals surface area contributed by atoms with Crippen molar-refractivity contribution in [1.82, 2.24) is 4.90 Å². The van der Waals surface area contributed by atoms with Crippen molar-refractivity contribution in [2.75, 3.05) is 26.0 Å². The second-order valence-electron chi connectivity index (χ2n) is 5.02. The van der Waals surface area contributed by atoms with Crippen molar-refractivity contribution in [3.8, 4) is 5.75 Å². The van der Waals surface area contributed by atoms with E-state index in [4.69, 9.17) is 9.47 Å². The predicted molar refractivity (Wildman–Crippen MR) is 80.3 cm³/mol. The molecule has 1 amide bonds. The standard InChI is InChI=1S/C15H21NO3S/c1-11-8-16(9-12(2)19-11)15(17)10-20-14-6-4-13(18-3)5-7-14/h4-7,11-12H,8-10H2,1-3H3. The van der Waals surface area contributed by atoms with Gasteiger partial charge < -0.3 is 14.4 Å². The second-order valence-corrected chi connectivity index (χ2v) is 6.07.